The number of hydrogen-bond donors (Lipinski definition) is 0. The summed E-state index contributed by atoms with van der Waals surface area (Å²) in [5.74, 6) is 0.346. The number of anilines is 1. The Morgan fingerprint density at radius 2 is 2.17 bits per heavy atom. The largest absolute Gasteiger partial charge is 0.446 e. The van der Waals surface area contributed by atoms with Gasteiger partial charge in [-0.15, -0.1) is 5.10 Å². The Hall–Kier alpha value is -3.46. The molecular formula is C15H8N5O4. The van der Waals surface area contributed by atoms with Crippen molar-refractivity contribution in [2.24, 2.45) is 0 Å². The number of aromatic nitrogens is 4. The van der Waals surface area contributed by atoms with Crippen molar-refractivity contribution in [1.82, 2.24) is 20.3 Å². The molecule has 1 aliphatic rings. The van der Waals surface area contributed by atoms with Crippen LogP contribution in [-0.2, 0) is 4.84 Å². The van der Waals surface area contributed by atoms with Crippen molar-refractivity contribution in [2.75, 3.05) is 5.06 Å². The Labute approximate surface area is 134 Å². The number of para-hydroxylation sites is 2. The van der Waals surface area contributed by atoms with Crippen LogP contribution in [0.5, 0.6) is 0 Å². The number of rotatable bonds is 3. The lowest BCUT2D eigenvalue weighted by atomic mass is 10.1. The van der Waals surface area contributed by atoms with E-state index < -0.39 is 6.10 Å². The predicted octanol–water partition coefficient (Wildman–Crippen LogP) is 2.54. The van der Waals surface area contributed by atoms with Gasteiger partial charge in [0.2, 0.25) is 5.89 Å². The van der Waals surface area contributed by atoms with E-state index in [1.807, 2.05) is 24.3 Å². The Kier molecular flexibility index (Phi) is 2.73. The standard InChI is InChI=1S/C15H8N5O4/c1-2-4-12-10(3-1)17-15(23-12)20-7-9(11-8-22-19-18-11)13(24-20)14-16-5-6-21-14/h1-6,8,13H. The Morgan fingerprint density at radius 1 is 1.21 bits per heavy atom. The summed E-state index contributed by atoms with van der Waals surface area (Å²) in [5.41, 5.74) is 2.35. The molecule has 0 N–H and O–H groups in total. The lowest BCUT2D eigenvalue weighted by molar-refractivity contribution is 0.0770. The number of nitrogens with zero attached hydrogens (tertiary/aromatic N) is 5. The van der Waals surface area contributed by atoms with E-state index in [2.05, 4.69) is 26.5 Å². The molecule has 0 fully saturated rings. The Balaban J connectivity index is 1.58. The Morgan fingerprint density at radius 3 is 2.96 bits per heavy atom. The van der Waals surface area contributed by atoms with E-state index in [0.29, 0.717) is 28.3 Å². The van der Waals surface area contributed by atoms with Crippen molar-refractivity contribution in [3.05, 3.63) is 60.8 Å². The lowest BCUT2D eigenvalue weighted by Crippen LogP contribution is -2.14. The van der Waals surface area contributed by atoms with Crippen LogP contribution in [0.25, 0.3) is 16.7 Å². The minimum atomic E-state index is -0.665. The van der Waals surface area contributed by atoms with Crippen LogP contribution in [0.15, 0.2) is 56.3 Å². The van der Waals surface area contributed by atoms with E-state index in [4.69, 9.17) is 18.2 Å². The van der Waals surface area contributed by atoms with E-state index in [0.717, 1.165) is 0 Å². The van der Waals surface area contributed by atoms with Gasteiger partial charge in [0.05, 0.1) is 11.8 Å². The van der Waals surface area contributed by atoms with Gasteiger partial charge in [0.25, 0.3) is 0 Å². The molecule has 4 aromatic rings. The van der Waals surface area contributed by atoms with Crippen LogP contribution >= 0.6 is 0 Å². The third-order valence-corrected chi connectivity index (χ3v) is 3.46. The highest BCUT2D eigenvalue weighted by Gasteiger charge is 2.36. The molecule has 0 amide bonds. The molecule has 0 saturated heterocycles. The normalized spacial score (nSPS) is 17.6. The van der Waals surface area contributed by atoms with E-state index in [1.165, 1.54) is 23.8 Å². The Bertz CT molecular complexity index is 973. The van der Waals surface area contributed by atoms with Crippen LogP contribution in [0.2, 0.25) is 0 Å². The third-order valence-electron chi connectivity index (χ3n) is 3.46. The van der Waals surface area contributed by atoms with Gasteiger partial charge < -0.3 is 13.4 Å². The van der Waals surface area contributed by atoms with E-state index in [-0.39, 0.29) is 6.01 Å². The van der Waals surface area contributed by atoms with Crippen molar-refractivity contribution < 1.29 is 18.2 Å². The van der Waals surface area contributed by atoms with Crippen LogP contribution in [-0.4, -0.2) is 20.3 Å². The quantitative estimate of drug-likeness (QED) is 0.562. The van der Waals surface area contributed by atoms with Gasteiger partial charge in [-0.25, -0.2) is 9.82 Å². The van der Waals surface area contributed by atoms with Crippen molar-refractivity contribution in [2.45, 2.75) is 6.10 Å². The van der Waals surface area contributed by atoms with Gasteiger partial charge in [0.1, 0.15) is 23.7 Å². The molecule has 1 radical (unpaired) electrons. The fraction of sp³-hybridized carbons (Fsp3) is 0.0667. The summed E-state index contributed by atoms with van der Waals surface area (Å²) >= 11 is 0. The number of benzene rings is 1. The molecule has 1 aromatic carbocycles. The van der Waals surface area contributed by atoms with Gasteiger partial charge in [-0.3, -0.25) is 0 Å². The molecule has 9 heteroatoms. The zero-order chi connectivity index (χ0) is 15.9. The summed E-state index contributed by atoms with van der Waals surface area (Å²) in [7, 11) is 0. The van der Waals surface area contributed by atoms with Crippen molar-refractivity contribution in [3.8, 4) is 0 Å². The third kappa shape index (κ3) is 1.99. The maximum absolute atomic E-state index is 5.82. The average molecular weight is 322 g/mol. The SMILES string of the molecule is [C]1=C(c2conn2)C(c2ncco2)ON1c1nc2ccccc2o1. The summed E-state index contributed by atoms with van der Waals surface area (Å²) in [6.45, 7) is 0. The van der Waals surface area contributed by atoms with Crippen molar-refractivity contribution >= 4 is 22.7 Å². The monoisotopic (exact) mass is 322 g/mol. The molecule has 0 aliphatic carbocycles. The smallest absolute Gasteiger partial charge is 0.328 e. The first-order chi connectivity index (χ1) is 11.9. The van der Waals surface area contributed by atoms with Gasteiger partial charge in [0.15, 0.2) is 18.0 Å². The first-order valence-electron chi connectivity index (χ1n) is 7.01. The minimum Gasteiger partial charge on any atom is -0.446 e. The van der Waals surface area contributed by atoms with Gasteiger partial charge in [-0.2, -0.15) is 10.0 Å². The molecule has 1 unspecified atom stereocenters. The minimum absolute atomic E-state index is 0.235. The first-order valence-corrected chi connectivity index (χ1v) is 7.01. The maximum atomic E-state index is 5.82. The molecule has 0 bridgehead atoms. The number of oxazole rings is 2. The van der Waals surface area contributed by atoms with Crippen LogP contribution in [0, 0.1) is 6.20 Å². The molecule has 0 saturated carbocycles. The highest BCUT2D eigenvalue weighted by molar-refractivity contribution is 5.75. The summed E-state index contributed by atoms with van der Waals surface area (Å²) < 4.78 is 15.8. The summed E-state index contributed by atoms with van der Waals surface area (Å²) in [5, 5.41) is 8.64. The van der Waals surface area contributed by atoms with Gasteiger partial charge in [0, 0.05) is 5.27 Å². The molecule has 117 valence electrons. The zero-order valence-electron chi connectivity index (χ0n) is 12.0. The molecule has 1 atom stereocenters. The van der Waals surface area contributed by atoms with Gasteiger partial charge in [-0.05, 0) is 12.1 Å². The van der Waals surface area contributed by atoms with Crippen LogP contribution in [0.3, 0.4) is 0 Å². The number of hydroxylamine groups is 1. The first kappa shape index (κ1) is 13.0. The van der Waals surface area contributed by atoms with Crippen molar-refractivity contribution in [3.63, 3.8) is 0 Å². The predicted molar refractivity (Wildman–Crippen MR) is 77.8 cm³/mol. The molecule has 5 rings (SSSR count). The molecule has 3 aromatic heterocycles. The fourth-order valence-corrected chi connectivity index (χ4v) is 2.40. The van der Waals surface area contributed by atoms with Crippen LogP contribution in [0.1, 0.15) is 17.7 Å². The van der Waals surface area contributed by atoms with E-state index in [1.54, 1.807) is 0 Å². The molecule has 4 heterocycles. The molecule has 9 nitrogen and oxygen atoms in total. The molecule has 24 heavy (non-hydrogen) atoms. The van der Waals surface area contributed by atoms with Crippen LogP contribution in [0.4, 0.5) is 6.01 Å². The molecule has 0 spiro atoms. The topological polar surface area (TPSA) is 103 Å². The fourth-order valence-electron chi connectivity index (χ4n) is 2.40. The molecular weight excluding hydrogens is 314 g/mol. The zero-order valence-corrected chi connectivity index (χ0v) is 12.0. The van der Waals surface area contributed by atoms with E-state index >= 15 is 0 Å². The van der Waals surface area contributed by atoms with Gasteiger partial charge >= 0.3 is 6.01 Å². The second-order valence-electron chi connectivity index (χ2n) is 4.93. The second-order valence-corrected chi connectivity index (χ2v) is 4.93. The lowest BCUT2D eigenvalue weighted by Gasteiger charge is -2.11. The molecule has 1 aliphatic heterocycles. The highest BCUT2D eigenvalue weighted by atomic mass is 16.7. The number of fused-ring (bicyclic) bond motifs is 1. The van der Waals surface area contributed by atoms with Gasteiger partial charge in [-0.1, -0.05) is 12.1 Å². The summed E-state index contributed by atoms with van der Waals surface area (Å²) in [6.07, 6.45) is 6.72. The maximum Gasteiger partial charge on any atom is 0.328 e. The second kappa shape index (κ2) is 5.03. The summed E-state index contributed by atoms with van der Waals surface area (Å²) in [6, 6.07) is 7.64. The number of hydrogen-bond acceptors (Lipinski definition) is 9. The van der Waals surface area contributed by atoms with E-state index in [9.17, 15) is 0 Å². The van der Waals surface area contributed by atoms with Crippen molar-refractivity contribution in [1.29, 1.82) is 0 Å². The average Bonchev–Trinajstić information content (AvgIpc) is 3.40. The highest BCUT2D eigenvalue weighted by Crippen LogP contribution is 2.39. The van der Waals surface area contributed by atoms with Crippen LogP contribution < -0.4 is 5.06 Å². The summed E-state index contributed by atoms with van der Waals surface area (Å²) in [4.78, 5) is 14.3.